The molecular weight excluding hydrogens is 985 g/mol. The maximum absolute atomic E-state index is 12.9. The average molecular weight is 1120 g/mol. The fourth-order valence-corrected chi connectivity index (χ4v) is 10.3. The van der Waals surface area contributed by atoms with Crippen molar-refractivity contribution in [3.63, 3.8) is 0 Å². The van der Waals surface area contributed by atoms with Crippen LogP contribution in [0, 0.1) is 0 Å². The van der Waals surface area contributed by atoms with Gasteiger partial charge in [-0.2, -0.15) is 0 Å². The molecule has 0 aromatic heterocycles. The Kier molecular flexibility index (Phi) is 65.7. The molecule has 0 aliphatic carbocycles. The van der Waals surface area contributed by atoms with Crippen LogP contribution in [0.15, 0.2) is 72.9 Å². The number of rotatable bonds is 64. The molecule has 0 amide bonds. The predicted molar refractivity (Wildman–Crippen MR) is 348 cm³/mol. The number of hydrogen-bond acceptors (Lipinski definition) is 6. The quantitative estimate of drug-likeness (QED) is 0.0261. The molecule has 0 rings (SSSR count). The highest BCUT2D eigenvalue weighted by Crippen LogP contribution is 2.18. The van der Waals surface area contributed by atoms with E-state index >= 15 is 0 Å². The first-order chi connectivity index (χ1) is 39.5. The second kappa shape index (κ2) is 68.3. The Balaban J connectivity index is 4.32. The molecular formula is C74H132O6. The summed E-state index contributed by atoms with van der Waals surface area (Å²) < 4.78 is 16.9. The largest absolute Gasteiger partial charge is 0.462 e. The predicted octanol–water partition coefficient (Wildman–Crippen LogP) is 24.1. The fraction of sp³-hybridized carbons (Fsp3) is 0.797. The second-order valence-corrected chi connectivity index (χ2v) is 23.4. The summed E-state index contributed by atoms with van der Waals surface area (Å²) in [6, 6.07) is 0. The Morgan fingerprint density at radius 1 is 0.275 bits per heavy atom. The van der Waals surface area contributed by atoms with Crippen molar-refractivity contribution in [1.29, 1.82) is 0 Å². The monoisotopic (exact) mass is 1120 g/mol. The van der Waals surface area contributed by atoms with E-state index in [1.165, 1.54) is 250 Å². The van der Waals surface area contributed by atoms with Gasteiger partial charge in [0.25, 0.3) is 0 Å². The van der Waals surface area contributed by atoms with Crippen LogP contribution >= 0.6 is 0 Å². The number of unbranched alkanes of at least 4 members (excludes halogenated alkanes) is 42. The summed E-state index contributed by atoms with van der Waals surface area (Å²) in [6.45, 7) is 6.50. The Morgan fingerprint density at radius 2 is 0.537 bits per heavy atom. The molecule has 1 unspecified atom stereocenters. The van der Waals surface area contributed by atoms with Gasteiger partial charge in [0, 0.05) is 12.8 Å². The second-order valence-electron chi connectivity index (χ2n) is 23.4. The van der Waals surface area contributed by atoms with Crippen molar-refractivity contribution < 1.29 is 28.6 Å². The van der Waals surface area contributed by atoms with Crippen LogP contribution < -0.4 is 0 Å². The molecule has 464 valence electrons. The minimum Gasteiger partial charge on any atom is -0.462 e. The van der Waals surface area contributed by atoms with Crippen LogP contribution in [-0.2, 0) is 28.6 Å². The summed E-state index contributed by atoms with van der Waals surface area (Å²) in [6.07, 6.45) is 89.6. The summed E-state index contributed by atoms with van der Waals surface area (Å²) >= 11 is 0. The highest BCUT2D eigenvalue weighted by atomic mass is 16.6. The molecule has 0 bridgehead atoms. The van der Waals surface area contributed by atoms with E-state index in [2.05, 4.69) is 81.5 Å². The lowest BCUT2D eigenvalue weighted by Gasteiger charge is -2.18. The molecule has 0 aromatic carbocycles. The van der Waals surface area contributed by atoms with Gasteiger partial charge in [-0.05, 0) is 70.6 Å². The molecule has 0 N–H and O–H groups in total. The number of allylic oxidation sites excluding steroid dienone is 11. The van der Waals surface area contributed by atoms with Crippen molar-refractivity contribution >= 4 is 17.9 Å². The van der Waals surface area contributed by atoms with E-state index in [1.54, 1.807) is 0 Å². The van der Waals surface area contributed by atoms with Gasteiger partial charge in [0.2, 0.25) is 0 Å². The van der Waals surface area contributed by atoms with Gasteiger partial charge < -0.3 is 14.2 Å². The zero-order valence-corrected chi connectivity index (χ0v) is 53.3. The van der Waals surface area contributed by atoms with E-state index in [4.69, 9.17) is 14.2 Å². The molecule has 0 fully saturated rings. The Labute approximate surface area is 497 Å². The summed E-state index contributed by atoms with van der Waals surface area (Å²) in [5.41, 5.74) is 0. The van der Waals surface area contributed by atoms with Crippen LogP contribution in [0.2, 0.25) is 0 Å². The van der Waals surface area contributed by atoms with Gasteiger partial charge in [0.05, 0.1) is 6.42 Å². The van der Waals surface area contributed by atoms with Crippen molar-refractivity contribution in [2.24, 2.45) is 0 Å². The Morgan fingerprint density at radius 3 is 0.863 bits per heavy atom. The molecule has 0 heterocycles. The fourth-order valence-electron chi connectivity index (χ4n) is 10.3. The molecule has 0 aromatic rings. The van der Waals surface area contributed by atoms with Crippen LogP contribution in [0.5, 0.6) is 0 Å². The zero-order chi connectivity index (χ0) is 57.8. The normalized spacial score (nSPS) is 12.5. The van der Waals surface area contributed by atoms with Gasteiger partial charge in [-0.3, -0.25) is 14.4 Å². The van der Waals surface area contributed by atoms with Crippen molar-refractivity contribution in [1.82, 2.24) is 0 Å². The maximum atomic E-state index is 12.9. The summed E-state index contributed by atoms with van der Waals surface area (Å²) in [7, 11) is 0. The third kappa shape index (κ3) is 65.7. The molecule has 0 radical (unpaired) electrons. The lowest BCUT2D eigenvalue weighted by Crippen LogP contribution is -2.30. The zero-order valence-electron chi connectivity index (χ0n) is 53.3. The molecule has 80 heavy (non-hydrogen) atoms. The van der Waals surface area contributed by atoms with E-state index < -0.39 is 12.1 Å². The number of hydrogen-bond donors (Lipinski definition) is 0. The third-order valence-electron chi connectivity index (χ3n) is 15.5. The average Bonchev–Trinajstić information content (AvgIpc) is 3.46. The van der Waals surface area contributed by atoms with E-state index in [0.717, 1.165) is 70.6 Å². The van der Waals surface area contributed by atoms with Crippen LogP contribution in [-0.4, -0.2) is 37.2 Å². The lowest BCUT2D eigenvalue weighted by molar-refractivity contribution is -0.166. The molecule has 0 spiro atoms. The molecule has 6 nitrogen and oxygen atoms in total. The topological polar surface area (TPSA) is 78.9 Å². The van der Waals surface area contributed by atoms with E-state index in [9.17, 15) is 14.4 Å². The van der Waals surface area contributed by atoms with Crippen molar-refractivity contribution in [2.75, 3.05) is 13.2 Å². The van der Waals surface area contributed by atoms with Gasteiger partial charge in [-0.25, -0.2) is 0 Å². The SMILES string of the molecule is CC/C=C\C/C=C\C/C=C\C/C=C\C/C=C\CC(=O)OCC(COC(=O)CCCCCCCCCCCCCCCCCCCCCCCCCCCC)OC(=O)CCCCCCCCCCC/C=C\CCCCCCCCCC. The number of carbonyl (C=O) groups is 3. The number of esters is 3. The van der Waals surface area contributed by atoms with Gasteiger partial charge in [-0.1, -0.05) is 344 Å². The Hall–Kier alpha value is -3.15. The summed E-state index contributed by atoms with van der Waals surface area (Å²) in [5, 5.41) is 0. The van der Waals surface area contributed by atoms with Crippen LogP contribution in [0.25, 0.3) is 0 Å². The molecule has 6 heteroatoms. The first-order valence-corrected chi connectivity index (χ1v) is 34.9. The van der Waals surface area contributed by atoms with Crippen molar-refractivity contribution in [2.45, 2.75) is 367 Å². The maximum Gasteiger partial charge on any atom is 0.309 e. The van der Waals surface area contributed by atoms with Gasteiger partial charge >= 0.3 is 17.9 Å². The van der Waals surface area contributed by atoms with Crippen LogP contribution in [0.4, 0.5) is 0 Å². The highest BCUT2D eigenvalue weighted by molar-refractivity contribution is 5.72. The van der Waals surface area contributed by atoms with Gasteiger partial charge in [-0.15, -0.1) is 0 Å². The first-order valence-electron chi connectivity index (χ1n) is 34.9. The third-order valence-corrected chi connectivity index (χ3v) is 15.5. The van der Waals surface area contributed by atoms with E-state index in [0.29, 0.717) is 12.8 Å². The van der Waals surface area contributed by atoms with Crippen molar-refractivity contribution in [3.8, 4) is 0 Å². The van der Waals surface area contributed by atoms with Gasteiger partial charge in [0.15, 0.2) is 6.10 Å². The lowest BCUT2D eigenvalue weighted by atomic mass is 10.0. The number of ether oxygens (including phenoxy) is 3. The smallest absolute Gasteiger partial charge is 0.309 e. The van der Waals surface area contributed by atoms with Crippen molar-refractivity contribution in [3.05, 3.63) is 72.9 Å². The molecule has 1 atom stereocenters. The minimum atomic E-state index is -0.817. The highest BCUT2D eigenvalue weighted by Gasteiger charge is 2.19. The van der Waals surface area contributed by atoms with E-state index in [-0.39, 0.29) is 31.6 Å². The van der Waals surface area contributed by atoms with Gasteiger partial charge in [0.1, 0.15) is 13.2 Å². The summed E-state index contributed by atoms with van der Waals surface area (Å²) in [4.78, 5) is 38.3. The molecule has 0 saturated heterocycles. The summed E-state index contributed by atoms with van der Waals surface area (Å²) in [5.74, 6) is -1.02. The number of carbonyl (C=O) groups excluding carboxylic acids is 3. The molecule has 0 saturated carbocycles. The van der Waals surface area contributed by atoms with E-state index in [1.807, 2.05) is 12.2 Å². The Bertz CT molecular complexity index is 1470. The molecule has 0 aliphatic rings. The minimum absolute atomic E-state index is 0.103. The first kappa shape index (κ1) is 76.9. The van der Waals surface area contributed by atoms with Crippen LogP contribution in [0.3, 0.4) is 0 Å². The van der Waals surface area contributed by atoms with Crippen LogP contribution in [0.1, 0.15) is 361 Å². The standard InChI is InChI=1S/C74H132O6/c1-4-7-10-13-16-19-22-25-28-30-32-34-35-36-37-38-40-41-43-46-49-52-55-58-61-64-67-73(76)79-70-71(69-78-72(75)66-63-60-57-54-51-48-45-27-24-21-18-15-12-9-6-3)80-74(77)68-65-62-59-56-53-50-47-44-42-39-33-31-29-26-23-20-17-14-11-8-5-2/h9,12,18,21,27,31,33,45,51,54,60,63,71H,4-8,10-11,13-17,19-20,22-26,28-30,32,34-44,46-50,52-53,55-59,61-62,64-70H2,1-3H3/b12-9-,21-18-,33-31-,45-27-,54-51-,63-60-. The molecule has 0 aliphatic heterocycles.